The molecule has 0 fully saturated rings. The van der Waals surface area contributed by atoms with Gasteiger partial charge in [0, 0.05) is 17.4 Å². The lowest BCUT2D eigenvalue weighted by Gasteiger charge is -2.05. The van der Waals surface area contributed by atoms with Crippen LogP contribution in [0.4, 0.5) is 0 Å². The molecule has 4 aromatic rings. The van der Waals surface area contributed by atoms with E-state index in [9.17, 15) is 4.79 Å². The van der Waals surface area contributed by atoms with E-state index in [-0.39, 0.29) is 5.56 Å². The minimum absolute atomic E-state index is 0.0165. The molecule has 0 radical (unpaired) electrons. The van der Waals surface area contributed by atoms with E-state index in [2.05, 4.69) is 22.1 Å². The van der Waals surface area contributed by atoms with Gasteiger partial charge in [0.2, 0.25) is 0 Å². The Hall–Kier alpha value is -2.88. The Morgan fingerprint density at radius 3 is 2.64 bits per heavy atom. The number of nitrogens with zero attached hydrogens (tertiary/aromatic N) is 2. The Labute approximate surface area is 127 Å². The van der Waals surface area contributed by atoms with Crippen molar-refractivity contribution in [2.45, 2.75) is 13.0 Å². The predicted molar refractivity (Wildman–Crippen MR) is 88.0 cm³/mol. The lowest BCUT2D eigenvalue weighted by molar-refractivity contribution is 0.662. The van der Waals surface area contributed by atoms with E-state index in [1.807, 2.05) is 42.5 Å². The third-order valence-corrected chi connectivity index (χ3v) is 3.96. The van der Waals surface area contributed by atoms with E-state index >= 15 is 0 Å². The molecule has 2 aromatic carbocycles. The van der Waals surface area contributed by atoms with Crippen LogP contribution < -0.4 is 5.56 Å². The number of H-pyrrole nitrogens is 1. The number of fused-ring (bicyclic) bond motifs is 3. The molecular weight excluding hydrogens is 274 g/mol. The van der Waals surface area contributed by atoms with Crippen LogP contribution in [0.15, 0.2) is 65.7 Å². The number of aromatic nitrogens is 3. The quantitative estimate of drug-likeness (QED) is 0.630. The van der Waals surface area contributed by atoms with Crippen molar-refractivity contribution in [2.75, 3.05) is 0 Å². The highest BCUT2D eigenvalue weighted by atomic mass is 16.1. The van der Waals surface area contributed by atoms with Gasteiger partial charge in [0.15, 0.2) is 0 Å². The molecule has 0 saturated heterocycles. The summed E-state index contributed by atoms with van der Waals surface area (Å²) in [6.07, 6.45) is 2.46. The number of aromatic amines is 1. The number of hydrogen-bond acceptors (Lipinski definition) is 2. The Bertz CT molecular complexity index is 999. The fourth-order valence-electron chi connectivity index (χ4n) is 2.79. The first kappa shape index (κ1) is 12.8. The molecule has 0 saturated carbocycles. The molecule has 0 amide bonds. The zero-order valence-electron chi connectivity index (χ0n) is 12.0. The van der Waals surface area contributed by atoms with Crippen molar-refractivity contribution in [3.8, 4) is 0 Å². The van der Waals surface area contributed by atoms with E-state index in [0.29, 0.717) is 12.1 Å². The number of para-hydroxylation sites is 1. The van der Waals surface area contributed by atoms with Crippen LogP contribution in [-0.2, 0) is 13.0 Å². The molecule has 2 heterocycles. The molecule has 0 unspecified atom stereocenters. The van der Waals surface area contributed by atoms with Gasteiger partial charge in [-0.15, -0.1) is 0 Å². The SMILES string of the molecule is O=c1c2[nH]c3ccccc3c2ncn1CCc1ccccc1. The van der Waals surface area contributed by atoms with Crippen molar-refractivity contribution in [1.82, 2.24) is 14.5 Å². The summed E-state index contributed by atoms with van der Waals surface area (Å²) >= 11 is 0. The van der Waals surface area contributed by atoms with Gasteiger partial charge in [-0.1, -0.05) is 48.5 Å². The van der Waals surface area contributed by atoms with Gasteiger partial charge in [-0.3, -0.25) is 9.36 Å². The first-order valence-electron chi connectivity index (χ1n) is 7.33. The van der Waals surface area contributed by atoms with E-state index in [4.69, 9.17) is 0 Å². The Balaban J connectivity index is 1.75. The van der Waals surface area contributed by atoms with Crippen LogP contribution in [0.25, 0.3) is 21.9 Å². The molecule has 22 heavy (non-hydrogen) atoms. The second-order valence-corrected chi connectivity index (χ2v) is 5.37. The number of hydrogen-bond donors (Lipinski definition) is 1. The number of aryl methyl sites for hydroxylation is 2. The summed E-state index contributed by atoms with van der Waals surface area (Å²) in [6.45, 7) is 0.626. The Kier molecular flexibility index (Phi) is 3.00. The topological polar surface area (TPSA) is 50.7 Å². The highest BCUT2D eigenvalue weighted by Crippen LogP contribution is 2.20. The summed E-state index contributed by atoms with van der Waals surface area (Å²) < 4.78 is 1.67. The van der Waals surface area contributed by atoms with Crippen molar-refractivity contribution < 1.29 is 0 Å². The molecule has 2 aromatic heterocycles. The highest BCUT2D eigenvalue weighted by molar-refractivity contribution is 6.04. The van der Waals surface area contributed by atoms with Crippen molar-refractivity contribution in [3.05, 3.63) is 76.8 Å². The minimum Gasteiger partial charge on any atom is -0.349 e. The zero-order chi connectivity index (χ0) is 14.9. The van der Waals surface area contributed by atoms with E-state index < -0.39 is 0 Å². The first-order chi connectivity index (χ1) is 10.8. The fourth-order valence-corrected chi connectivity index (χ4v) is 2.79. The van der Waals surface area contributed by atoms with Crippen molar-refractivity contribution in [3.63, 3.8) is 0 Å². The number of nitrogens with one attached hydrogen (secondary N) is 1. The third-order valence-electron chi connectivity index (χ3n) is 3.96. The van der Waals surface area contributed by atoms with Crippen LogP contribution in [0.1, 0.15) is 5.56 Å². The van der Waals surface area contributed by atoms with Crippen LogP contribution >= 0.6 is 0 Å². The lowest BCUT2D eigenvalue weighted by atomic mass is 10.1. The predicted octanol–water partition coefficient (Wildman–Crippen LogP) is 3.12. The van der Waals surface area contributed by atoms with Gasteiger partial charge in [-0.25, -0.2) is 4.98 Å². The van der Waals surface area contributed by atoms with E-state index in [0.717, 1.165) is 22.8 Å². The van der Waals surface area contributed by atoms with Gasteiger partial charge in [0.1, 0.15) is 11.0 Å². The number of benzene rings is 2. The maximum atomic E-state index is 12.6. The molecule has 108 valence electrons. The van der Waals surface area contributed by atoms with Crippen LogP contribution in [-0.4, -0.2) is 14.5 Å². The van der Waals surface area contributed by atoms with Gasteiger partial charge in [0.05, 0.1) is 6.33 Å². The van der Waals surface area contributed by atoms with Gasteiger partial charge >= 0.3 is 0 Å². The lowest BCUT2D eigenvalue weighted by Crippen LogP contribution is -2.21. The zero-order valence-corrected chi connectivity index (χ0v) is 12.0. The van der Waals surface area contributed by atoms with Gasteiger partial charge < -0.3 is 4.98 Å². The summed E-state index contributed by atoms with van der Waals surface area (Å²) in [5, 5.41) is 0.991. The first-order valence-corrected chi connectivity index (χ1v) is 7.33. The van der Waals surface area contributed by atoms with Gasteiger partial charge in [-0.2, -0.15) is 0 Å². The molecular formula is C18H15N3O. The highest BCUT2D eigenvalue weighted by Gasteiger charge is 2.10. The molecule has 0 bridgehead atoms. The molecule has 0 aliphatic rings. The van der Waals surface area contributed by atoms with Crippen LogP contribution in [0.5, 0.6) is 0 Å². The van der Waals surface area contributed by atoms with E-state index in [1.165, 1.54) is 5.56 Å². The Morgan fingerprint density at radius 1 is 1.00 bits per heavy atom. The molecule has 4 nitrogen and oxygen atoms in total. The second-order valence-electron chi connectivity index (χ2n) is 5.37. The Morgan fingerprint density at radius 2 is 1.77 bits per heavy atom. The normalized spacial score (nSPS) is 11.3. The van der Waals surface area contributed by atoms with Crippen LogP contribution in [0.2, 0.25) is 0 Å². The summed E-state index contributed by atoms with van der Waals surface area (Å²) in [7, 11) is 0. The molecule has 4 heteroatoms. The average Bonchev–Trinajstić information content (AvgIpc) is 2.95. The standard InChI is InChI=1S/C18H15N3O/c22-18-17-16(14-8-4-5-9-15(14)20-17)19-12-21(18)11-10-13-6-2-1-3-7-13/h1-9,12,20H,10-11H2. The van der Waals surface area contributed by atoms with Gasteiger partial charge in [0.25, 0.3) is 5.56 Å². The third kappa shape index (κ3) is 2.09. The summed E-state index contributed by atoms with van der Waals surface area (Å²) in [5.41, 5.74) is 3.47. The molecule has 4 rings (SSSR count). The summed E-state index contributed by atoms with van der Waals surface area (Å²) in [6, 6.07) is 18.0. The molecule has 0 spiro atoms. The number of rotatable bonds is 3. The van der Waals surface area contributed by atoms with Crippen LogP contribution in [0.3, 0.4) is 0 Å². The molecule has 1 N–H and O–H groups in total. The van der Waals surface area contributed by atoms with Crippen molar-refractivity contribution in [2.24, 2.45) is 0 Å². The smallest absolute Gasteiger partial charge is 0.277 e. The van der Waals surface area contributed by atoms with E-state index in [1.54, 1.807) is 10.9 Å². The molecule has 0 atom stereocenters. The maximum Gasteiger partial charge on any atom is 0.277 e. The summed E-state index contributed by atoms with van der Waals surface area (Å²) in [5.74, 6) is 0. The largest absolute Gasteiger partial charge is 0.349 e. The van der Waals surface area contributed by atoms with Crippen molar-refractivity contribution in [1.29, 1.82) is 0 Å². The minimum atomic E-state index is -0.0165. The molecule has 0 aliphatic heterocycles. The monoisotopic (exact) mass is 289 g/mol. The average molecular weight is 289 g/mol. The maximum absolute atomic E-state index is 12.6. The van der Waals surface area contributed by atoms with Gasteiger partial charge in [-0.05, 0) is 18.1 Å². The fraction of sp³-hybridized carbons (Fsp3) is 0.111. The van der Waals surface area contributed by atoms with Crippen molar-refractivity contribution >= 4 is 21.9 Å². The second kappa shape index (κ2) is 5.15. The molecule has 0 aliphatic carbocycles. The van der Waals surface area contributed by atoms with Crippen LogP contribution in [0, 0.1) is 0 Å². The summed E-state index contributed by atoms with van der Waals surface area (Å²) in [4.78, 5) is 20.3.